The van der Waals surface area contributed by atoms with Crippen LogP contribution in [-0.2, 0) is 9.53 Å². The van der Waals surface area contributed by atoms with E-state index < -0.39 is 11.6 Å². The van der Waals surface area contributed by atoms with Gasteiger partial charge in [-0.25, -0.2) is 8.78 Å². The van der Waals surface area contributed by atoms with Gasteiger partial charge in [-0.2, -0.15) is 0 Å². The third kappa shape index (κ3) is 4.62. The molecule has 0 aromatic heterocycles. The average Bonchev–Trinajstić information content (AvgIpc) is 2.43. The van der Waals surface area contributed by atoms with Gasteiger partial charge >= 0.3 is 0 Å². The molecule has 118 valence electrons. The van der Waals surface area contributed by atoms with Crippen LogP contribution in [0.15, 0.2) is 18.2 Å². The lowest BCUT2D eigenvalue weighted by Gasteiger charge is -2.33. The van der Waals surface area contributed by atoms with E-state index in [4.69, 9.17) is 4.74 Å². The van der Waals surface area contributed by atoms with Crippen LogP contribution in [0.3, 0.4) is 0 Å². The standard InChI is InChI=1S/C14H18F2N2O2.ClH/c1-20-8-14(19)18-13-7-17-5-4-10(13)9-2-3-11(15)12(16)6-9;/h2-3,6,10,13,17H,4-5,7-8H2,1H3,(H,18,19);1H. The number of piperidine rings is 1. The molecule has 0 bridgehead atoms. The highest BCUT2D eigenvalue weighted by atomic mass is 35.5. The summed E-state index contributed by atoms with van der Waals surface area (Å²) in [6, 6.07) is 3.75. The fourth-order valence-electron chi connectivity index (χ4n) is 2.53. The summed E-state index contributed by atoms with van der Waals surface area (Å²) in [5, 5.41) is 6.04. The van der Waals surface area contributed by atoms with Gasteiger partial charge in [0.25, 0.3) is 0 Å². The quantitative estimate of drug-likeness (QED) is 0.886. The number of nitrogens with one attached hydrogen (secondary N) is 2. The highest BCUT2D eigenvalue weighted by molar-refractivity contribution is 5.85. The van der Waals surface area contributed by atoms with Gasteiger partial charge in [-0.1, -0.05) is 6.07 Å². The Bertz CT molecular complexity index is 488. The molecule has 0 saturated carbocycles. The van der Waals surface area contributed by atoms with Crippen molar-refractivity contribution in [2.45, 2.75) is 18.4 Å². The van der Waals surface area contributed by atoms with Crippen molar-refractivity contribution in [2.24, 2.45) is 0 Å². The summed E-state index contributed by atoms with van der Waals surface area (Å²) < 4.78 is 31.1. The number of ether oxygens (including phenoxy) is 1. The molecule has 0 spiro atoms. The van der Waals surface area contributed by atoms with Gasteiger partial charge in [0, 0.05) is 25.6 Å². The number of benzene rings is 1. The second-order valence-electron chi connectivity index (χ2n) is 4.88. The Kier molecular flexibility index (Phi) is 7.01. The van der Waals surface area contributed by atoms with Crippen LogP contribution >= 0.6 is 12.4 Å². The molecule has 1 saturated heterocycles. The van der Waals surface area contributed by atoms with E-state index in [1.807, 2.05) is 0 Å². The highest BCUT2D eigenvalue weighted by Crippen LogP contribution is 2.26. The topological polar surface area (TPSA) is 50.4 Å². The number of carbonyl (C=O) groups excluding carboxylic acids is 1. The number of hydrogen-bond acceptors (Lipinski definition) is 3. The summed E-state index contributed by atoms with van der Waals surface area (Å²) in [6.07, 6.45) is 0.753. The minimum atomic E-state index is -0.859. The SMILES string of the molecule is COCC(=O)NC1CNCCC1c1ccc(F)c(F)c1.Cl. The fourth-order valence-corrected chi connectivity index (χ4v) is 2.53. The molecular formula is C14H19ClF2N2O2. The first-order valence-corrected chi connectivity index (χ1v) is 6.55. The molecule has 2 unspecified atom stereocenters. The van der Waals surface area contributed by atoms with Crippen molar-refractivity contribution >= 4 is 18.3 Å². The van der Waals surface area contributed by atoms with Crippen LogP contribution in [0.4, 0.5) is 8.78 Å². The van der Waals surface area contributed by atoms with Crippen molar-refractivity contribution in [3.63, 3.8) is 0 Å². The first kappa shape index (κ1) is 17.8. The number of carbonyl (C=O) groups is 1. The third-order valence-corrected chi connectivity index (χ3v) is 3.48. The van der Waals surface area contributed by atoms with Gasteiger partial charge in [0.05, 0.1) is 0 Å². The van der Waals surface area contributed by atoms with Crippen molar-refractivity contribution in [3.8, 4) is 0 Å². The minimum Gasteiger partial charge on any atom is -0.375 e. The molecule has 0 aliphatic carbocycles. The summed E-state index contributed by atoms with van der Waals surface area (Å²) >= 11 is 0. The number of amides is 1. The Morgan fingerprint density at radius 3 is 2.86 bits per heavy atom. The fraction of sp³-hybridized carbons (Fsp3) is 0.500. The molecule has 1 aliphatic rings. The number of methoxy groups -OCH3 is 1. The van der Waals surface area contributed by atoms with Gasteiger partial charge in [-0.15, -0.1) is 12.4 Å². The van der Waals surface area contributed by atoms with Crippen molar-refractivity contribution in [1.29, 1.82) is 0 Å². The molecule has 21 heavy (non-hydrogen) atoms. The predicted octanol–water partition coefficient (Wildman–Crippen LogP) is 1.59. The summed E-state index contributed by atoms with van der Waals surface area (Å²) in [6.45, 7) is 1.36. The average molecular weight is 321 g/mol. The highest BCUT2D eigenvalue weighted by Gasteiger charge is 2.28. The third-order valence-electron chi connectivity index (χ3n) is 3.48. The number of halogens is 3. The van der Waals surface area contributed by atoms with E-state index in [9.17, 15) is 13.6 Å². The van der Waals surface area contributed by atoms with E-state index in [0.29, 0.717) is 12.1 Å². The molecule has 4 nitrogen and oxygen atoms in total. The van der Waals surface area contributed by atoms with Crippen LogP contribution in [0, 0.1) is 11.6 Å². The maximum atomic E-state index is 13.3. The van der Waals surface area contributed by atoms with E-state index in [0.717, 1.165) is 19.0 Å². The Hall–Kier alpha value is -1.24. The summed E-state index contributed by atoms with van der Waals surface area (Å²) in [5.41, 5.74) is 0.702. The Morgan fingerprint density at radius 2 is 2.19 bits per heavy atom. The van der Waals surface area contributed by atoms with Crippen LogP contribution < -0.4 is 10.6 Å². The van der Waals surface area contributed by atoms with Gasteiger partial charge in [0.2, 0.25) is 5.91 Å². The molecule has 2 rings (SSSR count). The monoisotopic (exact) mass is 320 g/mol. The smallest absolute Gasteiger partial charge is 0.246 e. The van der Waals surface area contributed by atoms with E-state index in [2.05, 4.69) is 10.6 Å². The van der Waals surface area contributed by atoms with Crippen molar-refractivity contribution in [1.82, 2.24) is 10.6 Å². The molecule has 0 radical (unpaired) electrons. The van der Waals surface area contributed by atoms with Gasteiger partial charge < -0.3 is 15.4 Å². The number of rotatable bonds is 4. The van der Waals surface area contributed by atoms with E-state index in [1.165, 1.54) is 13.2 Å². The number of hydrogen-bond donors (Lipinski definition) is 2. The van der Waals surface area contributed by atoms with E-state index in [1.54, 1.807) is 6.07 Å². The Labute approximate surface area is 128 Å². The lowest BCUT2D eigenvalue weighted by Crippen LogP contribution is -2.50. The van der Waals surface area contributed by atoms with E-state index in [-0.39, 0.29) is 36.9 Å². The lowest BCUT2D eigenvalue weighted by molar-refractivity contribution is -0.125. The molecule has 1 aromatic rings. The predicted molar refractivity (Wildman–Crippen MR) is 77.6 cm³/mol. The van der Waals surface area contributed by atoms with E-state index >= 15 is 0 Å². The van der Waals surface area contributed by atoms with Crippen LogP contribution in [-0.4, -0.2) is 38.8 Å². The maximum absolute atomic E-state index is 13.3. The van der Waals surface area contributed by atoms with Crippen molar-refractivity contribution < 1.29 is 18.3 Å². The van der Waals surface area contributed by atoms with Crippen LogP contribution in [0.25, 0.3) is 0 Å². The van der Waals surface area contributed by atoms with Crippen LogP contribution in [0.2, 0.25) is 0 Å². The molecule has 1 aromatic carbocycles. The molecule has 2 atom stereocenters. The molecule has 1 aliphatic heterocycles. The zero-order chi connectivity index (χ0) is 14.5. The summed E-state index contributed by atoms with van der Waals surface area (Å²) in [7, 11) is 1.45. The van der Waals surface area contributed by atoms with Gasteiger partial charge in [0.15, 0.2) is 11.6 Å². The second kappa shape index (κ2) is 8.26. The largest absolute Gasteiger partial charge is 0.375 e. The van der Waals surface area contributed by atoms with Crippen molar-refractivity contribution in [3.05, 3.63) is 35.4 Å². The molecule has 7 heteroatoms. The summed E-state index contributed by atoms with van der Waals surface area (Å²) in [5.74, 6) is -1.97. The Morgan fingerprint density at radius 1 is 1.43 bits per heavy atom. The maximum Gasteiger partial charge on any atom is 0.246 e. The van der Waals surface area contributed by atoms with Gasteiger partial charge in [-0.05, 0) is 30.7 Å². The first-order valence-electron chi connectivity index (χ1n) is 6.55. The van der Waals surface area contributed by atoms with Crippen LogP contribution in [0.1, 0.15) is 17.9 Å². The summed E-state index contributed by atoms with van der Waals surface area (Å²) in [4.78, 5) is 11.6. The molecule has 2 N–H and O–H groups in total. The second-order valence-corrected chi connectivity index (χ2v) is 4.88. The molecule has 1 fully saturated rings. The minimum absolute atomic E-state index is 0. The van der Waals surface area contributed by atoms with Gasteiger partial charge in [0.1, 0.15) is 6.61 Å². The lowest BCUT2D eigenvalue weighted by atomic mass is 9.86. The zero-order valence-corrected chi connectivity index (χ0v) is 12.5. The zero-order valence-electron chi connectivity index (χ0n) is 11.7. The molecule has 1 heterocycles. The normalized spacial score (nSPS) is 21.5. The van der Waals surface area contributed by atoms with Crippen LogP contribution in [0.5, 0.6) is 0 Å². The Balaban J connectivity index is 0.00000220. The van der Waals surface area contributed by atoms with Crippen molar-refractivity contribution in [2.75, 3.05) is 26.8 Å². The molecule has 1 amide bonds. The first-order chi connectivity index (χ1) is 9.61. The van der Waals surface area contributed by atoms with Gasteiger partial charge in [-0.3, -0.25) is 4.79 Å². The molecular weight excluding hydrogens is 302 g/mol.